The standard InChI is InChI=1S/C29H35FN2O.C4H4S/c30-29-9-6-23(7-10-29)21-33-22-24-11-14-31(15-12-24)19-26-13-16-32(20-26)18-25-5-8-27-3-1-2-4-28(27)17-25;1-2-4-5-3-1/h1-10,17,24,26H,11-16,18-22H2;1-4H. The Kier molecular flexibility index (Phi) is 9.95. The molecule has 0 bridgehead atoms. The van der Waals surface area contributed by atoms with Gasteiger partial charge in [0.1, 0.15) is 5.82 Å². The lowest BCUT2D eigenvalue weighted by molar-refractivity contribution is 0.0546. The molecule has 1 aromatic heterocycles. The van der Waals surface area contributed by atoms with Gasteiger partial charge in [-0.3, -0.25) is 4.90 Å². The molecule has 3 nitrogen and oxygen atoms in total. The molecule has 6 rings (SSSR count). The van der Waals surface area contributed by atoms with Crippen LogP contribution in [0.4, 0.5) is 4.39 Å². The van der Waals surface area contributed by atoms with Crippen LogP contribution in [0, 0.1) is 17.7 Å². The number of rotatable bonds is 8. The molecule has 3 aromatic carbocycles. The Morgan fingerprint density at radius 1 is 0.737 bits per heavy atom. The molecule has 38 heavy (non-hydrogen) atoms. The first-order chi connectivity index (χ1) is 18.7. The third kappa shape index (κ3) is 8.21. The van der Waals surface area contributed by atoms with Crippen LogP contribution in [-0.4, -0.2) is 49.1 Å². The summed E-state index contributed by atoms with van der Waals surface area (Å²) in [5, 5.41) is 6.75. The molecular weight excluding hydrogens is 491 g/mol. The van der Waals surface area contributed by atoms with E-state index < -0.39 is 0 Å². The van der Waals surface area contributed by atoms with E-state index in [2.05, 4.69) is 52.3 Å². The molecular formula is C33H39FN2OS. The van der Waals surface area contributed by atoms with Gasteiger partial charge in [-0.15, -0.1) is 0 Å². The summed E-state index contributed by atoms with van der Waals surface area (Å²) in [7, 11) is 0. The van der Waals surface area contributed by atoms with Gasteiger partial charge in [0.25, 0.3) is 0 Å². The molecule has 2 aliphatic heterocycles. The minimum atomic E-state index is -0.190. The van der Waals surface area contributed by atoms with Crippen molar-refractivity contribution in [1.29, 1.82) is 0 Å². The minimum Gasteiger partial charge on any atom is -0.376 e. The Bertz CT molecular complexity index is 1200. The van der Waals surface area contributed by atoms with Gasteiger partial charge < -0.3 is 9.64 Å². The van der Waals surface area contributed by atoms with Crippen LogP contribution in [0.3, 0.4) is 0 Å². The van der Waals surface area contributed by atoms with E-state index in [0.29, 0.717) is 12.5 Å². The van der Waals surface area contributed by atoms with E-state index in [-0.39, 0.29) is 5.82 Å². The predicted octanol–water partition coefficient (Wildman–Crippen LogP) is 7.48. The number of hydrogen-bond acceptors (Lipinski definition) is 4. The number of fused-ring (bicyclic) bond motifs is 1. The molecule has 0 spiro atoms. The monoisotopic (exact) mass is 530 g/mol. The van der Waals surface area contributed by atoms with Gasteiger partial charge in [-0.2, -0.15) is 11.3 Å². The van der Waals surface area contributed by atoms with Gasteiger partial charge in [0.2, 0.25) is 0 Å². The lowest BCUT2D eigenvalue weighted by Gasteiger charge is -2.33. The summed E-state index contributed by atoms with van der Waals surface area (Å²) in [4.78, 5) is 5.30. The molecule has 4 aromatic rings. The second kappa shape index (κ2) is 14.0. The maximum absolute atomic E-state index is 13.0. The third-order valence-corrected chi connectivity index (χ3v) is 8.40. The normalized spacial score (nSPS) is 18.9. The minimum absolute atomic E-state index is 0.190. The van der Waals surface area contributed by atoms with Crippen molar-refractivity contribution in [3.63, 3.8) is 0 Å². The van der Waals surface area contributed by atoms with Crippen LogP contribution >= 0.6 is 11.3 Å². The van der Waals surface area contributed by atoms with Crippen molar-refractivity contribution in [2.75, 3.05) is 39.3 Å². The number of hydrogen-bond donors (Lipinski definition) is 0. The van der Waals surface area contributed by atoms with Gasteiger partial charge in [-0.1, -0.05) is 60.7 Å². The zero-order valence-electron chi connectivity index (χ0n) is 22.2. The number of halogens is 1. The Hall–Kier alpha value is -2.57. The highest BCUT2D eigenvalue weighted by Crippen LogP contribution is 2.24. The topological polar surface area (TPSA) is 15.7 Å². The molecule has 0 N–H and O–H groups in total. The molecule has 1 unspecified atom stereocenters. The van der Waals surface area contributed by atoms with Crippen molar-refractivity contribution < 1.29 is 9.13 Å². The maximum atomic E-state index is 13.0. The largest absolute Gasteiger partial charge is 0.376 e. The van der Waals surface area contributed by atoms with Crippen molar-refractivity contribution in [2.45, 2.75) is 32.4 Å². The molecule has 2 aliphatic rings. The maximum Gasteiger partial charge on any atom is 0.123 e. The first kappa shape index (κ1) is 27.0. The van der Waals surface area contributed by atoms with Crippen LogP contribution in [0.15, 0.2) is 89.6 Å². The van der Waals surface area contributed by atoms with Crippen LogP contribution in [0.2, 0.25) is 0 Å². The SMILES string of the molecule is Fc1ccc(COCC2CCN(CC3CCN(Cc4ccc5ccccc5c4)C3)CC2)cc1.c1ccsc1. The second-order valence-electron chi connectivity index (χ2n) is 10.8. The number of ether oxygens (including phenoxy) is 1. The van der Waals surface area contributed by atoms with E-state index in [1.807, 2.05) is 35.0 Å². The van der Waals surface area contributed by atoms with Crippen molar-refractivity contribution in [3.8, 4) is 0 Å². The number of likely N-dealkylation sites (tertiary alicyclic amines) is 2. The van der Waals surface area contributed by atoms with Crippen LogP contribution < -0.4 is 0 Å². The van der Waals surface area contributed by atoms with Crippen LogP contribution in [0.5, 0.6) is 0 Å². The molecule has 0 radical (unpaired) electrons. The predicted molar refractivity (Wildman–Crippen MR) is 157 cm³/mol. The zero-order valence-corrected chi connectivity index (χ0v) is 23.0. The molecule has 5 heteroatoms. The van der Waals surface area contributed by atoms with Crippen LogP contribution in [0.25, 0.3) is 10.8 Å². The summed E-state index contributed by atoms with van der Waals surface area (Å²) in [6.45, 7) is 8.49. The van der Waals surface area contributed by atoms with Crippen molar-refractivity contribution in [3.05, 3.63) is 107 Å². The summed E-state index contributed by atoms with van der Waals surface area (Å²) in [5.74, 6) is 1.25. The van der Waals surface area contributed by atoms with Crippen molar-refractivity contribution in [2.24, 2.45) is 11.8 Å². The molecule has 200 valence electrons. The second-order valence-corrected chi connectivity index (χ2v) is 11.6. The number of thiophene rings is 1. The molecule has 3 heterocycles. The van der Waals surface area contributed by atoms with Gasteiger partial charge in [0.15, 0.2) is 0 Å². The zero-order chi connectivity index (χ0) is 26.0. The van der Waals surface area contributed by atoms with E-state index in [0.717, 1.165) is 24.6 Å². The highest BCUT2D eigenvalue weighted by Gasteiger charge is 2.27. The van der Waals surface area contributed by atoms with Crippen LogP contribution in [-0.2, 0) is 17.9 Å². The highest BCUT2D eigenvalue weighted by atomic mass is 32.1. The van der Waals surface area contributed by atoms with Gasteiger partial charge in [0.05, 0.1) is 6.61 Å². The fraction of sp³-hybridized carbons (Fsp3) is 0.394. The lowest BCUT2D eigenvalue weighted by atomic mass is 9.96. The van der Waals surface area contributed by atoms with Gasteiger partial charge in [-0.05, 0) is 102 Å². The van der Waals surface area contributed by atoms with Crippen molar-refractivity contribution in [1.82, 2.24) is 9.80 Å². The van der Waals surface area contributed by atoms with E-state index in [1.165, 1.54) is 80.5 Å². The lowest BCUT2D eigenvalue weighted by Crippen LogP contribution is -2.38. The first-order valence-electron chi connectivity index (χ1n) is 13.9. The number of nitrogens with zero attached hydrogens (tertiary/aromatic N) is 2. The Morgan fingerprint density at radius 2 is 1.42 bits per heavy atom. The summed E-state index contributed by atoms with van der Waals surface area (Å²) in [6.07, 6.45) is 3.75. The number of piperidine rings is 1. The highest BCUT2D eigenvalue weighted by molar-refractivity contribution is 7.07. The molecule has 2 fully saturated rings. The quantitative estimate of drug-likeness (QED) is 0.235. The van der Waals surface area contributed by atoms with E-state index >= 15 is 0 Å². The number of benzene rings is 3. The fourth-order valence-electron chi connectivity index (χ4n) is 5.65. The smallest absolute Gasteiger partial charge is 0.123 e. The van der Waals surface area contributed by atoms with Gasteiger partial charge in [0, 0.05) is 26.2 Å². The van der Waals surface area contributed by atoms with Gasteiger partial charge >= 0.3 is 0 Å². The summed E-state index contributed by atoms with van der Waals surface area (Å²) in [5.41, 5.74) is 2.47. The summed E-state index contributed by atoms with van der Waals surface area (Å²) < 4.78 is 18.9. The molecule has 0 saturated carbocycles. The molecule has 1 atom stereocenters. The van der Waals surface area contributed by atoms with Crippen LogP contribution in [0.1, 0.15) is 30.4 Å². The Morgan fingerprint density at radius 3 is 2.16 bits per heavy atom. The average Bonchev–Trinajstić information content (AvgIpc) is 3.67. The van der Waals surface area contributed by atoms with Crippen molar-refractivity contribution >= 4 is 22.1 Å². The fourth-order valence-corrected chi connectivity index (χ4v) is 6.11. The van der Waals surface area contributed by atoms with E-state index in [9.17, 15) is 4.39 Å². The van der Waals surface area contributed by atoms with E-state index in [1.54, 1.807) is 11.3 Å². The first-order valence-corrected chi connectivity index (χ1v) is 14.9. The Balaban J connectivity index is 0.000000529. The molecule has 0 amide bonds. The van der Waals surface area contributed by atoms with E-state index in [4.69, 9.17) is 4.74 Å². The average molecular weight is 531 g/mol. The third-order valence-electron chi connectivity index (χ3n) is 7.77. The molecule has 2 saturated heterocycles. The Labute approximate surface area is 230 Å². The molecule has 0 aliphatic carbocycles. The summed E-state index contributed by atoms with van der Waals surface area (Å²) >= 11 is 1.71. The van der Waals surface area contributed by atoms with Gasteiger partial charge in [-0.25, -0.2) is 4.39 Å². The summed E-state index contributed by atoms with van der Waals surface area (Å²) in [6, 6.07) is 26.2.